The molecule has 0 spiro atoms. The number of hydrogen-bond acceptors (Lipinski definition) is 2. The van der Waals surface area contributed by atoms with Gasteiger partial charge in [0, 0.05) is 13.1 Å². The van der Waals surface area contributed by atoms with Gasteiger partial charge in [-0.25, -0.2) is 0 Å². The Bertz CT molecular complexity index is 536. The van der Waals surface area contributed by atoms with Crippen LogP contribution < -0.4 is 0 Å². The number of carbonyl (C=O) groups is 1. The molecule has 3 nitrogen and oxygen atoms in total. The van der Waals surface area contributed by atoms with Gasteiger partial charge in [0.1, 0.15) is 0 Å². The maximum absolute atomic E-state index is 11.7. The minimum atomic E-state index is -0.629. The van der Waals surface area contributed by atoms with Gasteiger partial charge in [0.2, 0.25) is 0 Å². The molecule has 2 fully saturated rings. The Morgan fingerprint density at radius 2 is 2.10 bits per heavy atom. The zero-order valence-corrected chi connectivity index (χ0v) is 13.0. The summed E-state index contributed by atoms with van der Waals surface area (Å²) in [4.78, 5) is 14.1. The van der Waals surface area contributed by atoms with E-state index >= 15 is 0 Å². The molecule has 1 saturated carbocycles. The molecule has 2 aliphatic rings. The van der Waals surface area contributed by atoms with Crippen LogP contribution in [0.1, 0.15) is 50.2 Å². The SMILES string of the molecule is CC(C)C1(C(=O)O)CCN(Cc2ccccc2C2CC2)C1. The van der Waals surface area contributed by atoms with Gasteiger partial charge < -0.3 is 5.11 Å². The van der Waals surface area contributed by atoms with Gasteiger partial charge in [-0.05, 0) is 48.8 Å². The number of carboxylic acids is 1. The van der Waals surface area contributed by atoms with E-state index in [0.29, 0.717) is 6.54 Å². The van der Waals surface area contributed by atoms with E-state index in [9.17, 15) is 9.90 Å². The lowest BCUT2D eigenvalue weighted by atomic mass is 9.76. The molecule has 0 aromatic heterocycles. The summed E-state index contributed by atoms with van der Waals surface area (Å²) in [5.41, 5.74) is 2.31. The van der Waals surface area contributed by atoms with Crippen LogP contribution in [0.2, 0.25) is 0 Å². The van der Waals surface area contributed by atoms with Crippen LogP contribution in [0.25, 0.3) is 0 Å². The molecule has 1 atom stereocenters. The molecular formula is C18H25NO2. The summed E-state index contributed by atoms with van der Waals surface area (Å²) in [6.07, 6.45) is 3.38. The highest BCUT2D eigenvalue weighted by Crippen LogP contribution is 2.43. The van der Waals surface area contributed by atoms with Gasteiger partial charge >= 0.3 is 5.97 Å². The molecule has 0 amide bonds. The lowest BCUT2D eigenvalue weighted by Crippen LogP contribution is -2.39. The standard InChI is InChI=1S/C18H25NO2/c1-13(2)18(17(20)21)9-10-19(12-18)11-15-5-3-4-6-16(15)14-7-8-14/h3-6,13-14H,7-12H2,1-2H3,(H,20,21). The normalized spacial score (nSPS) is 26.4. The van der Waals surface area contributed by atoms with Crippen molar-refractivity contribution in [2.75, 3.05) is 13.1 Å². The summed E-state index contributed by atoms with van der Waals surface area (Å²) in [5.74, 6) is 0.298. The summed E-state index contributed by atoms with van der Waals surface area (Å²) in [7, 11) is 0. The lowest BCUT2D eigenvalue weighted by Gasteiger charge is -2.29. The second-order valence-electron chi connectivity index (χ2n) is 7.05. The summed E-state index contributed by atoms with van der Waals surface area (Å²) in [6.45, 7) is 6.54. The van der Waals surface area contributed by atoms with E-state index in [0.717, 1.165) is 25.4 Å². The smallest absolute Gasteiger partial charge is 0.311 e. The fourth-order valence-corrected chi connectivity index (χ4v) is 3.65. The fourth-order valence-electron chi connectivity index (χ4n) is 3.65. The van der Waals surface area contributed by atoms with Crippen LogP contribution in [0, 0.1) is 11.3 Å². The molecule has 1 saturated heterocycles. The van der Waals surface area contributed by atoms with E-state index in [2.05, 4.69) is 29.2 Å². The van der Waals surface area contributed by atoms with Gasteiger partial charge in [0.05, 0.1) is 5.41 Å². The van der Waals surface area contributed by atoms with Crippen molar-refractivity contribution < 1.29 is 9.90 Å². The van der Waals surface area contributed by atoms with Crippen molar-refractivity contribution in [3.63, 3.8) is 0 Å². The van der Waals surface area contributed by atoms with Gasteiger partial charge in [0.15, 0.2) is 0 Å². The van der Waals surface area contributed by atoms with Crippen molar-refractivity contribution in [2.45, 2.75) is 45.6 Å². The first-order chi connectivity index (χ1) is 10.0. The van der Waals surface area contributed by atoms with Crippen LogP contribution in [0.15, 0.2) is 24.3 Å². The third-order valence-electron chi connectivity index (χ3n) is 5.38. The first-order valence-electron chi connectivity index (χ1n) is 8.06. The molecule has 1 aliphatic carbocycles. The Kier molecular flexibility index (Phi) is 3.78. The van der Waals surface area contributed by atoms with Crippen molar-refractivity contribution in [3.05, 3.63) is 35.4 Å². The maximum Gasteiger partial charge on any atom is 0.311 e. The van der Waals surface area contributed by atoms with E-state index in [4.69, 9.17) is 0 Å². The zero-order chi connectivity index (χ0) is 15.0. The molecule has 1 aromatic rings. The zero-order valence-electron chi connectivity index (χ0n) is 13.0. The van der Waals surface area contributed by atoms with Crippen molar-refractivity contribution in [1.82, 2.24) is 4.90 Å². The number of nitrogens with zero attached hydrogens (tertiary/aromatic N) is 1. The lowest BCUT2D eigenvalue weighted by molar-refractivity contribution is -0.151. The van der Waals surface area contributed by atoms with E-state index in [1.165, 1.54) is 24.0 Å². The molecule has 21 heavy (non-hydrogen) atoms. The van der Waals surface area contributed by atoms with Crippen LogP contribution in [-0.4, -0.2) is 29.1 Å². The second-order valence-corrected chi connectivity index (χ2v) is 7.05. The monoisotopic (exact) mass is 287 g/mol. The Morgan fingerprint density at radius 3 is 2.67 bits per heavy atom. The van der Waals surface area contributed by atoms with E-state index in [1.807, 2.05) is 13.8 Å². The molecule has 0 radical (unpaired) electrons. The number of rotatable bonds is 5. The van der Waals surface area contributed by atoms with Crippen molar-refractivity contribution in [3.8, 4) is 0 Å². The van der Waals surface area contributed by atoms with Gasteiger partial charge in [-0.15, -0.1) is 0 Å². The molecule has 1 N–H and O–H groups in total. The van der Waals surface area contributed by atoms with Crippen LogP contribution in [0.5, 0.6) is 0 Å². The Morgan fingerprint density at radius 1 is 1.38 bits per heavy atom. The average molecular weight is 287 g/mol. The average Bonchev–Trinajstić information content (AvgIpc) is 3.19. The highest BCUT2D eigenvalue weighted by atomic mass is 16.4. The second kappa shape index (κ2) is 5.45. The third kappa shape index (κ3) is 2.71. The maximum atomic E-state index is 11.7. The first kappa shape index (κ1) is 14.6. The predicted molar refractivity (Wildman–Crippen MR) is 83.2 cm³/mol. The Hall–Kier alpha value is -1.35. The number of hydrogen-bond donors (Lipinski definition) is 1. The topological polar surface area (TPSA) is 40.5 Å². The molecule has 1 unspecified atom stereocenters. The third-order valence-corrected chi connectivity index (χ3v) is 5.38. The Balaban J connectivity index is 1.74. The number of aliphatic carboxylic acids is 1. The van der Waals surface area contributed by atoms with E-state index < -0.39 is 11.4 Å². The van der Waals surface area contributed by atoms with Gasteiger partial charge in [-0.3, -0.25) is 9.69 Å². The molecule has 3 rings (SSSR count). The van der Waals surface area contributed by atoms with E-state index in [-0.39, 0.29) is 5.92 Å². The van der Waals surface area contributed by atoms with Crippen LogP contribution in [-0.2, 0) is 11.3 Å². The molecule has 1 heterocycles. The van der Waals surface area contributed by atoms with Crippen molar-refractivity contribution >= 4 is 5.97 Å². The van der Waals surface area contributed by atoms with Gasteiger partial charge in [-0.2, -0.15) is 0 Å². The highest BCUT2D eigenvalue weighted by Gasteiger charge is 2.47. The Labute approximate surface area is 127 Å². The first-order valence-corrected chi connectivity index (χ1v) is 8.06. The van der Waals surface area contributed by atoms with Crippen LogP contribution in [0.4, 0.5) is 0 Å². The molecule has 3 heteroatoms. The summed E-state index contributed by atoms with van der Waals surface area (Å²) >= 11 is 0. The van der Waals surface area contributed by atoms with Crippen LogP contribution in [0.3, 0.4) is 0 Å². The summed E-state index contributed by atoms with van der Waals surface area (Å²) < 4.78 is 0. The fraction of sp³-hybridized carbons (Fsp3) is 0.611. The molecule has 1 aromatic carbocycles. The molecule has 0 bridgehead atoms. The quantitative estimate of drug-likeness (QED) is 0.901. The van der Waals surface area contributed by atoms with Crippen LogP contribution >= 0.6 is 0 Å². The van der Waals surface area contributed by atoms with Gasteiger partial charge in [0.25, 0.3) is 0 Å². The molecular weight excluding hydrogens is 262 g/mol. The van der Waals surface area contributed by atoms with Crippen molar-refractivity contribution in [2.24, 2.45) is 11.3 Å². The largest absolute Gasteiger partial charge is 0.481 e. The molecule has 114 valence electrons. The predicted octanol–water partition coefficient (Wildman–Crippen LogP) is 3.50. The number of likely N-dealkylation sites (tertiary alicyclic amines) is 1. The summed E-state index contributed by atoms with van der Waals surface area (Å²) in [6, 6.07) is 8.68. The number of carboxylic acid groups (broad SMARTS) is 1. The number of benzene rings is 1. The van der Waals surface area contributed by atoms with Gasteiger partial charge in [-0.1, -0.05) is 38.1 Å². The summed E-state index contributed by atoms with van der Waals surface area (Å²) in [5, 5.41) is 9.64. The highest BCUT2D eigenvalue weighted by molar-refractivity contribution is 5.75. The minimum absolute atomic E-state index is 0.179. The minimum Gasteiger partial charge on any atom is -0.481 e. The molecule has 1 aliphatic heterocycles. The van der Waals surface area contributed by atoms with Crippen molar-refractivity contribution in [1.29, 1.82) is 0 Å². The van der Waals surface area contributed by atoms with E-state index in [1.54, 1.807) is 0 Å².